The van der Waals surface area contributed by atoms with Crippen LogP contribution in [0.3, 0.4) is 0 Å². The van der Waals surface area contributed by atoms with Crippen molar-refractivity contribution in [1.82, 2.24) is 0 Å². The summed E-state index contributed by atoms with van der Waals surface area (Å²) in [6.07, 6.45) is 0. The topological polar surface area (TPSA) is 60.7 Å². The molecule has 0 unspecified atom stereocenters. The van der Waals surface area contributed by atoms with Crippen LogP contribution in [0.2, 0.25) is 0 Å². The number of hydrogen-bond acceptors (Lipinski definition) is 4. The van der Waals surface area contributed by atoms with E-state index in [2.05, 4.69) is 0 Å². The molecule has 1 aromatic heterocycles. The normalized spacial score (nSPS) is 10.8. The Kier molecular flexibility index (Phi) is 2.22. The summed E-state index contributed by atoms with van der Waals surface area (Å²) in [5, 5.41) is 30.5. The molecule has 0 spiro atoms. The Morgan fingerprint density at radius 2 is 2.07 bits per heavy atom. The predicted molar refractivity (Wildman–Crippen MR) is 58.1 cm³/mol. The monoisotopic (exact) mass is 208 g/mol. The second-order valence-corrected chi connectivity index (χ2v) is 4.08. The maximum Gasteiger partial charge on any atom is 0.490 e. The Labute approximate surface area is 85.4 Å². The molecule has 0 aliphatic carbocycles. The molecule has 72 valence electrons. The van der Waals surface area contributed by atoms with Crippen LogP contribution in [0.1, 0.15) is 5.56 Å². The quantitative estimate of drug-likeness (QED) is 0.601. The van der Waals surface area contributed by atoms with Crippen LogP contribution < -0.4 is 5.46 Å². The van der Waals surface area contributed by atoms with E-state index < -0.39 is 7.12 Å². The Morgan fingerprint density at radius 1 is 1.36 bits per heavy atom. The van der Waals surface area contributed by atoms with Crippen molar-refractivity contribution < 1.29 is 15.2 Å². The van der Waals surface area contributed by atoms with Gasteiger partial charge in [-0.05, 0) is 30.0 Å². The van der Waals surface area contributed by atoms with Crippen molar-refractivity contribution in [2.45, 2.75) is 6.92 Å². The van der Waals surface area contributed by atoms with Gasteiger partial charge < -0.3 is 15.2 Å². The highest BCUT2D eigenvalue weighted by molar-refractivity contribution is 7.18. The van der Waals surface area contributed by atoms with Crippen molar-refractivity contribution in [2.75, 3.05) is 0 Å². The molecule has 0 fully saturated rings. The van der Waals surface area contributed by atoms with Crippen molar-refractivity contribution in [3.05, 3.63) is 23.1 Å². The summed E-state index contributed by atoms with van der Waals surface area (Å²) in [4.78, 5) is 0. The lowest BCUT2D eigenvalue weighted by Crippen LogP contribution is -2.32. The molecule has 5 heteroatoms. The fraction of sp³-hybridized carbons (Fsp3) is 0.111. The van der Waals surface area contributed by atoms with E-state index in [1.165, 1.54) is 11.3 Å². The summed E-state index contributed by atoms with van der Waals surface area (Å²) in [5.74, 6) is 0.183. The number of phenols is 1. The average molecular weight is 208 g/mol. The Hall–Kier alpha value is -1.04. The van der Waals surface area contributed by atoms with E-state index >= 15 is 0 Å². The van der Waals surface area contributed by atoms with Gasteiger partial charge >= 0.3 is 7.12 Å². The van der Waals surface area contributed by atoms with Crippen molar-refractivity contribution in [3.63, 3.8) is 0 Å². The fourth-order valence-corrected chi connectivity index (χ4v) is 2.61. The van der Waals surface area contributed by atoms with E-state index in [1.54, 1.807) is 19.1 Å². The fourth-order valence-electron chi connectivity index (χ4n) is 1.58. The molecule has 0 bridgehead atoms. The first kappa shape index (κ1) is 9.52. The molecule has 1 heterocycles. The van der Waals surface area contributed by atoms with Gasteiger partial charge in [-0.1, -0.05) is 0 Å². The maximum atomic E-state index is 9.59. The minimum atomic E-state index is -1.49. The smallest absolute Gasteiger partial charge is 0.490 e. The van der Waals surface area contributed by atoms with Crippen molar-refractivity contribution >= 4 is 34.0 Å². The van der Waals surface area contributed by atoms with Gasteiger partial charge in [-0.2, -0.15) is 0 Å². The predicted octanol–water partition coefficient (Wildman–Crippen LogP) is 0.595. The molecule has 0 aliphatic rings. The molecule has 2 rings (SSSR count). The van der Waals surface area contributed by atoms with Gasteiger partial charge in [0.05, 0.1) is 0 Å². The van der Waals surface area contributed by atoms with E-state index in [4.69, 9.17) is 0 Å². The number of phenolic OH excluding ortho intramolecular Hbond substituents is 1. The second kappa shape index (κ2) is 3.27. The third-order valence-corrected chi connectivity index (χ3v) is 3.17. The van der Waals surface area contributed by atoms with E-state index in [1.807, 2.05) is 5.38 Å². The van der Waals surface area contributed by atoms with Crippen molar-refractivity contribution in [3.8, 4) is 5.75 Å². The average Bonchev–Trinajstić information content (AvgIpc) is 2.51. The van der Waals surface area contributed by atoms with Crippen LogP contribution in [-0.2, 0) is 0 Å². The zero-order valence-electron chi connectivity index (χ0n) is 7.56. The molecule has 0 aliphatic heterocycles. The molecule has 3 nitrogen and oxygen atoms in total. The minimum Gasteiger partial charge on any atom is -0.507 e. The van der Waals surface area contributed by atoms with Crippen LogP contribution in [0, 0.1) is 6.92 Å². The Morgan fingerprint density at radius 3 is 2.71 bits per heavy atom. The Balaban J connectivity index is 2.86. The van der Waals surface area contributed by atoms with E-state index in [9.17, 15) is 15.2 Å². The molecule has 0 amide bonds. The highest BCUT2D eigenvalue weighted by Gasteiger charge is 2.20. The zero-order valence-corrected chi connectivity index (χ0v) is 8.38. The lowest BCUT2D eigenvalue weighted by molar-refractivity contribution is 0.426. The van der Waals surface area contributed by atoms with Gasteiger partial charge in [0.1, 0.15) is 5.75 Å². The number of hydrogen-bond donors (Lipinski definition) is 3. The van der Waals surface area contributed by atoms with Crippen LogP contribution >= 0.6 is 11.3 Å². The number of benzene rings is 1. The molecule has 0 saturated carbocycles. The molecule has 3 N–H and O–H groups in total. The molecule has 14 heavy (non-hydrogen) atoms. The highest BCUT2D eigenvalue weighted by Crippen LogP contribution is 2.28. The van der Waals surface area contributed by atoms with Gasteiger partial charge in [0.25, 0.3) is 0 Å². The molecule has 0 saturated heterocycles. The van der Waals surface area contributed by atoms with Crippen molar-refractivity contribution in [2.24, 2.45) is 0 Å². The summed E-state index contributed by atoms with van der Waals surface area (Å²) in [6, 6.07) is 3.31. The lowest BCUT2D eigenvalue weighted by Gasteiger charge is -2.07. The first-order valence-electron chi connectivity index (χ1n) is 4.17. The zero-order chi connectivity index (χ0) is 10.3. The van der Waals surface area contributed by atoms with E-state index in [0.29, 0.717) is 16.4 Å². The largest absolute Gasteiger partial charge is 0.507 e. The van der Waals surface area contributed by atoms with Gasteiger partial charge in [0.2, 0.25) is 0 Å². The molecule has 2 aromatic rings. The summed E-state index contributed by atoms with van der Waals surface area (Å²) in [7, 11) is -1.49. The molecule has 1 aromatic carbocycles. The van der Waals surface area contributed by atoms with Crippen molar-refractivity contribution in [1.29, 1.82) is 0 Å². The molecular weight excluding hydrogens is 199 g/mol. The van der Waals surface area contributed by atoms with Crippen LogP contribution in [0.15, 0.2) is 17.5 Å². The third kappa shape index (κ3) is 1.30. The van der Waals surface area contributed by atoms with Crippen LogP contribution in [0.5, 0.6) is 5.75 Å². The summed E-state index contributed by atoms with van der Waals surface area (Å²) in [6.45, 7) is 1.74. The summed E-state index contributed by atoms with van der Waals surface area (Å²) in [5.41, 5.74) is 1.17. The van der Waals surface area contributed by atoms with E-state index in [0.717, 1.165) is 4.70 Å². The third-order valence-electron chi connectivity index (χ3n) is 2.22. The SMILES string of the molecule is Cc1cc(O)c2ccsc2c1B(O)O. The number of fused-ring (bicyclic) bond motifs is 1. The van der Waals surface area contributed by atoms with E-state index in [-0.39, 0.29) is 5.75 Å². The van der Waals surface area contributed by atoms with Gasteiger partial charge in [0, 0.05) is 15.5 Å². The number of thiophene rings is 1. The second-order valence-electron chi connectivity index (χ2n) is 3.16. The number of rotatable bonds is 1. The van der Waals surface area contributed by atoms with Crippen LogP contribution in [0.25, 0.3) is 10.1 Å². The lowest BCUT2D eigenvalue weighted by atomic mass is 9.76. The first-order chi connectivity index (χ1) is 6.61. The number of aromatic hydroxyl groups is 1. The molecule has 0 radical (unpaired) electrons. The highest BCUT2D eigenvalue weighted by atomic mass is 32.1. The van der Waals surface area contributed by atoms with Crippen LogP contribution in [0.4, 0.5) is 0 Å². The minimum absolute atomic E-state index is 0.183. The summed E-state index contributed by atoms with van der Waals surface area (Å²) < 4.78 is 0.734. The maximum absolute atomic E-state index is 9.59. The standard InChI is InChI=1S/C9H9BO3S/c1-5-4-7(11)6-2-3-14-9(6)8(5)10(12)13/h2-4,11-13H,1H3. The molecule has 0 atom stereocenters. The number of aryl methyl sites for hydroxylation is 1. The Bertz CT molecular complexity index is 478. The molecular formula is C9H9BO3S. The van der Waals surface area contributed by atoms with Gasteiger partial charge in [0.15, 0.2) is 0 Å². The first-order valence-corrected chi connectivity index (χ1v) is 5.05. The van der Waals surface area contributed by atoms with Gasteiger partial charge in [-0.25, -0.2) is 0 Å². The van der Waals surface area contributed by atoms with Gasteiger partial charge in [-0.3, -0.25) is 0 Å². The summed E-state index contributed by atoms with van der Waals surface area (Å²) >= 11 is 1.39. The van der Waals surface area contributed by atoms with Gasteiger partial charge in [-0.15, -0.1) is 11.3 Å². The van der Waals surface area contributed by atoms with Crippen LogP contribution in [-0.4, -0.2) is 22.3 Å².